The van der Waals surface area contributed by atoms with E-state index in [0.29, 0.717) is 17.5 Å². The minimum absolute atomic E-state index is 0.0520. The summed E-state index contributed by atoms with van der Waals surface area (Å²) in [5.74, 6) is -0.486. The number of nitrogen functional groups attached to an aromatic ring is 1. The lowest BCUT2D eigenvalue weighted by molar-refractivity contribution is -0.140. The second kappa shape index (κ2) is 10.8. The molecule has 0 radical (unpaired) electrons. The molecule has 12 heteroatoms. The van der Waals surface area contributed by atoms with Gasteiger partial charge >= 0.3 is 18.2 Å². The summed E-state index contributed by atoms with van der Waals surface area (Å²) in [6.45, 7) is -0.332. The standard InChI is InChI=1S/C24H29F3N4O5/c25-24(26,27)9-11-36-23-29-20(28)19-21(30-23)35-12-10-31(22(19)34)17-7-5-16(6-8-17)15-3-1-14(2-4-15)13-18(32)33/h5,7-8,14-16H,1-4,6,9-13H2,(H,32,33)(H2,28,29,30)/t14-,15-,16?. The van der Waals surface area contributed by atoms with E-state index in [2.05, 4.69) is 16.0 Å². The Morgan fingerprint density at radius 1 is 1.25 bits per heavy atom. The van der Waals surface area contributed by atoms with Crippen LogP contribution in [0.4, 0.5) is 19.0 Å². The maximum atomic E-state index is 13.3. The number of halogens is 3. The van der Waals surface area contributed by atoms with Gasteiger partial charge in [0, 0.05) is 12.1 Å². The number of carboxylic acids is 1. The number of carbonyl (C=O) groups excluding carboxylic acids is 1. The van der Waals surface area contributed by atoms with Gasteiger partial charge in [0.1, 0.15) is 24.6 Å². The first-order valence-corrected chi connectivity index (χ1v) is 12.0. The normalized spacial score (nSPS) is 24.4. The smallest absolute Gasteiger partial charge is 0.392 e. The number of carbonyl (C=O) groups is 2. The Balaban J connectivity index is 1.39. The summed E-state index contributed by atoms with van der Waals surface area (Å²) in [6, 6.07) is -0.380. The molecule has 1 saturated carbocycles. The molecule has 36 heavy (non-hydrogen) atoms. The molecule has 1 aliphatic heterocycles. The number of carboxylic acid groups (broad SMARTS) is 1. The van der Waals surface area contributed by atoms with Crippen molar-refractivity contribution in [3.63, 3.8) is 0 Å². The first-order chi connectivity index (χ1) is 17.1. The zero-order valence-corrected chi connectivity index (χ0v) is 19.7. The van der Waals surface area contributed by atoms with Crippen LogP contribution in [0, 0.1) is 17.8 Å². The molecule has 1 fully saturated rings. The highest BCUT2D eigenvalue weighted by Gasteiger charge is 2.33. The molecule has 196 valence electrons. The van der Waals surface area contributed by atoms with Crippen molar-refractivity contribution in [3.8, 4) is 11.9 Å². The van der Waals surface area contributed by atoms with E-state index in [1.165, 1.54) is 4.90 Å². The van der Waals surface area contributed by atoms with E-state index >= 15 is 0 Å². The molecule has 1 aromatic rings. The Hall–Kier alpha value is -3.31. The predicted molar refractivity (Wildman–Crippen MR) is 122 cm³/mol. The van der Waals surface area contributed by atoms with Gasteiger partial charge in [0.05, 0.1) is 13.0 Å². The summed E-state index contributed by atoms with van der Waals surface area (Å²) >= 11 is 0. The molecule has 4 rings (SSSR count). The van der Waals surface area contributed by atoms with Crippen LogP contribution in [0.1, 0.15) is 55.3 Å². The molecular formula is C24H29F3N4O5. The number of aliphatic carboxylic acids is 1. The Labute approximate surface area is 206 Å². The summed E-state index contributed by atoms with van der Waals surface area (Å²) in [7, 11) is 0. The highest BCUT2D eigenvalue weighted by atomic mass is 19.4. The van der Waals surface area contributed by atoms with Gasteiger partial charge in [-0.2, -0.15) is 23.1 Å². The molecular weight excluding hydrogens is 481 g/mol. The fraction of sp³-hybridized carbons (Fsp3) is 0.583. The molecule has 3 N–H and O–H groups in total. The monoisotopic (exact) mass is 510 g/mol. The maximum absolute atomic E-state index is 13.3. The number of hydrogen-bond acceptors (Lipinski definition) is 7. The average molecular weight is 511 g/mol. The number of hydrogen-bond donors (Lipinski definition) is 2. The van der Waals surface area contributed by atoms with E-state index in [9.17, 15) is 22.8 Å². The van der Waals surface area contributed by atoms with Crippen LogP contribution in [0.15, 0.2) is 23.9 Å². The van der Waals surface area contributed by atoms with Crippen LogP contribution < -0.4 is 15.2 Å². The Morgan fingerprint density at radius 2 is 2.00 bits per heavy atom. The molecule has 0 spiro atoms. The quantitative estimate of drug-likeness (QED) is 0.564. The van der Waals surface area contributed by atoms with Crippen molar-refractivity contribution >= 4 is 17.7 Å². The van der Waals surface area contributed by atoms with Gasteiger partial charge in [0.2, 0.25) is 5.88 Å². The van der Waals surface area contributed by atoms with E-state index in [-0.39, 0.29) is 48.8 Å². The topological polar surface area (TPSA) is 128 Å². The number of ether oxygens (including phenoxy) is 2. The molecule has 1 aromatic heterocycles. The number of amides is 1. The Morgan fingerprint density at radius 3 is 2.64 bits per heavy atom. The van der Waals surface area contributed by atoms with Gasteiger partial charge in [-0.05, 0) is 55.9 Å². The molecule has 1 atom stereocenters. The number of nitrogens with zero attached hydrogens (tertiary/aromatic N) is 3. The lowest BCUT2D eigenvalue weighted by atomic mass is 9.73. The minimum atomic E-state index is -4.38. The summed E-state index contributed by atoms with van der Waals surface area (Å²) in [5, 5.41) is 9.01. The third kappa shape index (κ3) is 6.27. The van der Waals surface area contributed by atoms with Crippen molar-refractivity contribution < 1.29 is 37.3 Å². The van der Waals surface area contributed by atoms with Gasteiger partial charge in [0.25, 0.3) is 5.91 Å². The molecule has 0 saturated heterocycles. The lowest BCUT2D eigenvalue weighted by Gasteiger charge is -2.33. The second-order valence-corrected chi connectivity index (χ2v) is 9.36. The molecule has 0 bridgehead atoms. The SMILES string of the molecule is Nc1nc(OCCC(F)(F)F)nc2c1C(=O)N(C1=CCC([C@H]3CC[C@H](CC(=O)O)CC3)C=C1)CCO2. The predicted octanol–water partition coefficient (Wildman–Crippen LogP) is 3.97. The van der Waals surface area contributed by atoms with Crippen LogP contribution in [-0.4, -0.2) is 57.8 Å². The second-order valence-electron chi connectivity index (χ2n) is 9.36. The van der Waals surface area contributed by atoms with Gasteiger partial charge in [0.15, 0.2) is 0 Å². The van der Waals surface area contributed by atoms with Crippen molar-refractivity contribution in [3.05, 3.63) is 29.5 Å². The highest BCUT2D eigenvalue weighted by Crippen LogP contribution is 2.39. The zero-order valence-electron chi connectivity index (χ0n) is 19.7. The number of alkyl halides is 3. The third-order valence-electron chi connectivity index (χ3n) is 6.90. The van der Waals surface area contributed by atoms with Crippen molar-refractivity contribution in [1.29, 1.82) is 0 Å². The summed E-state index contributed by atoms with van der Waals surface area (Å²) in [5.41, 5.74) is 6.61. The molecule has 1 unspecified atom stereocenters. The lowest BCUT2D eigenvalue weighted by Crippen LogP contribution is -2.33. The van der Waals surface area contributed by atoms with Gasteiger partial charge in [-0.25, -0.2) is 0 Å². The summed E-state index contributed by atoms with van der Waals surface area (Å²) in [4.78, 5) is 33.6. The van der Waals surface area contributed by atoms with Gasteiger partial charge < -0.3 is 25.2 Å². The molecule has 2 heterocycles. The van der Waals surface area contributed by atoms with Gasteiger partial charge in [-0.3, -0.25) is 9.59 Å². The van der Waals surface area contributed by atoms with Crippen LogP contribution in [-0.2, 0) is 4.79 Å². The van der Waals surface area contributed by atoms with Crippen LogP contribution in [0.25, 0.3) is 0 Å². The Kier molecular flexibility index (Phi) is 7.70. The first kappa shape index (κ1) is 25.8. The fourth-order valence-corrected chi connectivity index (χ4v) is 5.02. The average Bonchev–Trinajstić information content (AvgIpc) is 2.97. The number of anilines is 1. The summed E-state index contributed by atoms with van der Waals surface area (Å²) < 4.78 is 47.7. The van der Waals surface area contributed by atoms with E-state index in [1.54, 1.807) is 0 Å². The van der Waals surface area contributed by atoms with Crippen molar-refractivity contribution in [2.24, 2.45) is 17.8 Å². The van der Waals surface area contributed by atoms with Crippen molar-refractivity contribution in [1.82, 2.24) is 14.9 Å². The molecule has 0 aromatic carbocycles. The van der Waals surface area contributed by atoms with Crippen LogP contribution in [0.5, 0.6) is 11.9 Å². The number of aromatic nitrogens is 2. The van der Waals surface area contributed by atoms with Crippen molar-refractivity contribution in [2.45, 2.75) is 51.1 Å². The van der Waals surface area contributed by atoms with Crippen molar-refractivity contribution in [2.75, 3.05) is 25.5 Å². The summed E-state index contributed by atoms with van der Waals surface area (Å²) in [6.07, 6.45) is 5.25. The number of nitrogens with two attached hydrogens (primary N) is 1. The van der Waals surface area contributed by atoms with E-state index < -0.39 is 31.1 Å². The van der Waals surface area contributed by atoms with Crippen LogP contribution in [0.2, 0.25) is 0 Å². The molecule has 1 amide bonds. The largest absolute Gasteiger partial charge is 0.481 e. The van der Waals surface area contributed by atoms with Gasteiger partial charge in [-0.15, -0.1) is 0 Å². The first-order valence-electron chi connectivity index (χ1n) is 12.0. The van der Waals surface area contributed by atoms with Crippen LogP contribution in [0.3, 0.4) is 0 Å². The van der Waals surface area contributed by atoms with E-state index in [0.717, 1.165) is 32.1 Å². The highest BCUT2D eigenvalue weighted by molar-refractivity contribution is 6.02. The van der Waals surface area contributed by atoms with Crippen LogP contribution >= 0.6 is 0 Å². The molecule has 2 aliphatic carbocycles. The number of fused-ring (bicyclic) bond motifs is 1. The van der Waals surface area contributed by atoms with Gasteiger partial charge in [-0.1, -0.05) is 12.2 Å². The number of rotatable bonds is 7. The number of allylic oxidation sites excluding steroid dienone is 3. The Bertz CT molecular complexity index is 1050. The maximum Gasteiger partial charge on any atom is 0.392 e. The zero-order chi connectivity index (χ0) is 25.9. The van der Waals surface area contributed by atoms with E-state index in [1.807, 2.05) is 12.2 Å². The third-order valence-corrected chi connectivity index (χ3v) is 6.90. The van der Waals surface area contributed by atoms with E-state index in [4.69, 9.17) is 20.3 Å². The minimum Gasteiger partial charge on any atom is -0.481 e. The fourth-order valence-electron chi connectivity index (χ4n) is 5.02. The molecule has 9 nitrogen and oxygen atoms in total. The molecule has 3 aliphatic rings.